The highest BCUT2D eigenvalue weighted by atomic mass is 16.5. The lowest BCUT2D eigenvalue weighted by molar-refractivity contribution is 0.294. The molecule has 2 nitrogen and oxygen atoms in total. The van der Waals surface area contributed by atoms with Gasteiger partial charge in [0.05, 0.1) is 7.11 Å². The molecule has 1 aliphatic rings. The second kappa shape index (κ2) is 7.34. The van der Waals surface area contributed by atoms with E-state index in [9.17, 15) is 0 Å². The number of hydrogen-bond acceptors (Lipinski definition) is 2. The summed E-state index contributed by atoms with van der Waals surface area (Å²) in [6.45, 7) is 5.81. The average molecular weight is 259 g/mol. The minimum Gasteiger partial charge on any atom is -0.497 e. The zero-order chi connectivity index (χ0) is 13.5. The molecule has 0 amide bonds. The van der Waals surface area contributed by atoms with E-state index < -0.39 is 0 Å². The number of benzene rings is 1. The van der Waals surface area contributed by atoms with Crippen LogP contribution in [0.4, 0.5) is 0 Å². The third-order valence-corrected chi connectivity index (χ3v) is 3.83. The summed E-state index contributed by atoms with van der Waals surface area (Å²) in [6.07, 6.45) is 7.55. The van der Waals surface area contributed by atoms with Crippen molar-refractivity contribution in [2.75, 3.05) is 26.7 Å². The predicted octanol–water partition coefficient (Wildman–Crippen LogP) is 3.97. The number of methoxy groups -OCH3 is 1. The van der Waals surface area contributed by atoms with Gasteiger partial charge in [0.25, 0.3) is 0 Å². The van der Waals surface area contributed by atoms with Crippen molar-refractivity contribution < 1.29 is 4.74 Å². The summed E-state index contributed by atoms with van der Waals surface area (Å²) in [5.41, 5.74) is 2.82. The summed E-state index contributed by atoms with van der Waals surface area (Å²) in [6, 6.07) is 8.42. The molecule has 1 aromatic rings. The van der Waals surface area contributed by atoms with E-state index in [1.54, 1.807) is 7.11 Å². The van der Waals surface area contributed by atoms with Gasteiger partial charge in [-0.25, -0.2) is 0 Å². The molecule has 0 aromatic heterocycles. The molecular formula is C17H25NO. The zero-order valence-electron chi connectivity index (χ0n) is 12.2. The van der Waals surface area contributed by atoms with Crippen LogP contribution < -0.4 is 4.74 Å². The Morgan fingerprint density at radius 2 is 1.95 bits per heavy atom. The molecule has 0 fully saturated rings. The third-order valence-electron chi connectivity index (χ3n) is 3.83. The van der Waals surface area contributed by atoms with Crippen molar-refractivity contribution in [1.82, 2.24) is 4.90 Å². The van der Waals surface area contributed by atoms with Gasteiger partial charge in [0.15, 0.2) is 0 Å². The van der Waals surface area contributed by atoms with E-state index in [0.29, 0.717) is 0 Å². The van der Waals surface area contributed by atoms with Gasteiger partial charge in [-0.1, -0.05) is 38.0 Å². The summed E-state index contributed by atoms with van der Waals surface area (Å²) in [7, 11) is 1.71. The molecular weight excluding hydrogens is 234 g/mol. The first-order valence-corrected chi connectivity index (χ1v) is 7.39. The lowest BCUT2D eigenvalue weighted by Crippen LogP contribution is -2.29. The van der Waals surface area contributed by atoms with E-state index in [4.69, 9.17) is 4.74 Å². The van der Waals surface area contributed by atoms with E-state index in [-0.39, 0.29) is 0 Å². The van der Waals surface area contributed by atoms with Crippen molar-refractivity contribution in [2.45, 2.75) is 32.6 Å². The number of unbranched alkanes of at least 4 members (excludes halogenated alkanes) is 2. The second-order valence-corrected chi connectivity index (χ2v) is 5.22. The maximum atomic E-state index is 5.20. The van der Waals surface area contributed by atoms with Crippen LogP contribution in [0.5, 0.6) is 5.75 Å². The average Bonchev–Trinajstić information content (AvgIpc) is 2.48. The van der Waals surface area contributed by atoms with Crippen LogP contribution in [0.15, 0.2) is 30.3 Å². The van der Waals surface area contributed by atoms with E-state index in [2.05, 4.69) is 30.0 Å². The minimum atomic E-state index is 0.932. The molecule has 0 bridgehead atoms. The Bertz CT molecular complexity index is 408. The van der Waals surface area contributed by atoms with Crippen molar-refractivity contribution in [1.29, 1.82) is 0 Å². The number of rotatable bonds is 6. The van der Waals surface area contributed by atoms with E-state index >= 15 is 0 Å². The monoisotopic (exact) mass is 259 g/mol. The Hall–Kier alpha value is -1.28. The van der Waals surface area contributed by atoms with Gasteiger partial charge in [-0.2, -0.15) is 0 Å². The maximum Gasteiger partial charge on any atom is 0.118 e. The Morgan fingerprint density at radius 1 is 1.16 bits per heavy atom. The van der Waals surface area contributed by atoms with Gasteiger partial charge in [-0.3, -0.25) is 4.90 Å². The Morgan fingerprint density at radius 3 is 2.53 bits per heavy atom. The van der Waals surface area contributed by atoms with E-state index in [1.807, 2.05) is 12.1 Å². The van der Waals surface area contributed by atoms with Crippen LogP contribution in [-0.4, -0.2) is 31.6 Å². The van der Waals surface area contributed by atoms with Crippen molar-refractivity contribution in [3.05, 3.63) is 35.9 Å². The Kier molecular flexibility index (Phi) is 5.46. The van der Waals surface area contributed by atoms with Crippen LogP contribution in [-0.2, 0) is 0 Å². The van der Waals surface area contributed by atoms with Crippen molar-refractivity contribution in [2.24, 2.45) is 0 Å². The molecule has 0 saturated heterocycles. The maximum absolute atomic E-state index is 5.20. The molecule has 0 saturated carbocycles. The molecule has 2 heteroatoms. The highest BCUT2D eigenvalue weighted by Gasteiger charge is 2.12. The first-order chi connectivity index (χ1) is 9.33. The molecule has 0 aliphatic carbocycles. The zero-order valence-corrected chi connectivity index (χ0v) is 12.2. The van der Waals surface area contributed by atoms with Crippen molar-refractivity contribution >= 4 is 5.57 Å². The van der Waals surface area contributed by atoms with Crippen molar-refractivity contribution in [3.63, 3.8) is 0 Å². The van der Waals surface area contributed by atoms with Gasteiger partial charge in [0, 0.05) is 13.1 Å². The largest absolute Gasteiger partial charge is 0.497 e. The molecule has 1 aliphatic heterocycles. The molecule has 0 N–H and O–H groups in total. The fourth-order valence-electron chi connectivity index (χ4n) is 2.57. The van der Waals surface area contributed by atoms with Crippen LogP contribution in [0.3, 0.4) is 0 Å². The smallest absolute Gasteiger partial charge is 0.118 e. The fraction of sp³-hybridized carbons (Fsp3) is 0.529. The minimum absolute atomic E-state index is 0.932. The molecule has 0 radical (unpaired) electrons. The number of nitrogens with zero attached hydrogens (tertiary/aromatic N) is 1. The number of ether oxygens (including phenoxy) is 1. The Labute approximate surface area is 117 Å². The molecule has 1 heterocycles. The first kappa shape index (κ1) is 14.1. The van der Waals surface area contributed by atoms with Crippen LogP contribution in [0.1, 0.15) is 38.2 Å². The van der Waals surface area contributed by atoms with Gasteiger partial charge >= 0.3 is 0 Å². The molecule has 0 atom stereocenters. The standard InChI is InChI=1S/C17H25NO/c1-3-4-5-12-18-13-10-16(11-14-18)15-6-8-17(19-2)9-7-15/h6-10H,3-5,11-14H2,1-2H3. The van der Waals surface area contributed by atoms with Gasteiger partial charge in [-0.15, -0.1) is 0 Å². The van der Waals surface area contributed by atoms with Gasteiger partial charge in [-0.05, 0) is 42.7 Å². The lowest BCUT2D eigenvalue weighted by atomic mass is 9.99. The fourth-order valence-corrected chi connectivity index (χ4v) is 2.57. The van der Waals surface area contributed by atoms with Crippen LogP contribution >= 0.6 is 0 Å². The molecule has 19 heavy (non-hydrogen) atoms. The highest BCUT2D eigenvalue weighted by molar-refractivity contribution is 5.67. The number of hydrogen-bond donors (Lipinski definition) is 0. The summed E-state index contributed by atoms with van der Waals surface area (Å²) in [5.74, 6) is 0.932. The van der Waals surface area contributed by atoms with Crippen LogP contribution in [0.25, 0.3) is 5.57 Å². The molecule has 2 rings (SSSR count). The summed E-state index contributed by atoms with van der Waals surface area (Å²) in [4.78, 5) is 2.56. The van der Waals surface area contributed by atoms with E-state index in [0.717, 1.165) is 12.3 Å². The topological polar surface area (TPSA) is 12.5 Å². The third kappa shape index (κ3) is 4.10. The summed E-state index contributed by atoms with van der Waals surface area (Å²) < 4.78 is 5.20. The highest BCUT2D eigenvalue weighted by Crippen LogP contribution is 2.24. The normalized spacial score (nSPS) is 16.2. The summed E-state index contributed by atoms with van der Waals surface area (Å²) in [5, 5.41) is 0. The van der Waals surface area contributed by atoms with Crippen molar-refractivity contribution in [3.8, 4) is 5.75 Å². The first-order valence-electron chi connectivity index (χ1n) is 7.39. The molecule has 0 unspecified atom stereocenters. The predicted molar refractivity (Wildman–Crippen MR) is 81.6 cm³/mol. The van der Waals surface area contributed by atoms with Gasteiger partial charge in [0.2, 0.25) is 0 Å². The van der Waals surface area contributed by atoms with Gasteiger partial charge < -0.3 is 4.74 Å². The SMILES string of the molecule is CCCCCN1CC=C(c2ccc(OC)cc2)CC1. The van der Waals surface area contributed by atoms with Crippen LogP contribution in [0, 0.1) is 0 Å². The van der Waals surface area contributed by atoms with Crippen LogP contribution in [0.2, 0.25) is 0 Å². The Balaban J connectivity index is 1.88. The lowest BCUT2D eigenvalue weighted by Gasteiger charge is -2.26. The summed E-state index contributed by atoms with van der Waals surface area (Å²) >= 11 is 0. The van der Waals surface area contributed by atoms with E-state index in [1.165, 1.54) is 49.9 Å². The van der Waals surface area contributed by atoms with Gasteiger partial charge in [0.1, 0.15) is 5.75 Å². The quantitative estimate of drug-likeness (QED) is 0.717. The molecule has 104 valence electrons. The molecule has 0 spiro atoms. The molecule has 1 aromatic carbocycles. The second-order valence-electron chi connectivity index (χ2n) is 5.22.